The Morgan fingerprint density at radius 2 is 1.65 bits per heavy atom. The second-order valence-corrected chi connectivity index (χ2v) is 7.67. The Bertz CT molecular complexity index is 1200. The maximum absolute atomic E-state index is 13.3. The quantitative estimate of drug-likeness (QED) is 0.639. The van der Waals surface area contributed by atoms with E-state index in [1.165, 1.54) is 4.90 Å². The third-order valence-electron chi connectivity index (χ3n) is 5.20. The van der Waals surface area contributed by atoms with Crippen LogP contribution in [0.4, 0.5) is 0 Å². The van der Waals surface area contributed by atoms with Gasteiger partial charge >= 0.3 is 5.69 Å². The number of amides is 1. The maximum Gasteiger partial charge on any atom is 0.352 e. The van der Waals surface area contributed by atoms with Crippen LogP contribution in [0.3, 0.4) is 0 Å². The average molecular weight is 420 g/mol. The zero-order valence-corrected chi connectivity index (χ0v) is 17.6. The summed E-state index contributed by atoms with van der Waals surface area (Å²) in [6.45, 7) is 5.45. The SMILES string of the molecule is Cc1cc(C)cc(-n2nc(C(=O)N3CCOCC3)c(=O)n(Cc3ccccc3)c2=O)c1. The number of carbonyl (C=O) groups excluding carboxylic acids is 1. The van der Waals surface area contributed by atoms with E-state index >= 15 is 0 Å². The van der Waals surface area contributed by atoms with Crippen molar-refractivity contribution >= 4 is 5.91 Å². The molecule has 1 amide bonds. The fourth-order valence-corrected chi connectivity index (χ4v) is 3.71. The molecule has 31 heavy (non-hydrogen) atoms. The molecule has 1 saturated heterocycles. The number of rotatable bonds is 4. The summed E-state index contributed by atoms with van der Waals surface area (Å²) in [4.78, 5) is 41.2. The lowest BCUT2D eigenvalue weighted by Crippen LogP contribution is -2.48. The molecule has 2 aromatic carbocycles. The van der Waals surface area contributed by atoms with Gasteiger partial charge in [-0.1, -0.05) is 36.4 Å². The van der Waals surface area contributed by atoms with E-state index in [9.17, 15) is 14.4 Å². The number of carbonyl (C=O) groups is 1. The Balaban J connectivity index is 1.90. The molecule has 1 aliphatic heterocycles. The second kappa shape index (κ2) is 8.69. The van der Waals surface area contributed by atoms with Crippen LogP contribution in [0.15, 0.2) is 58.1 Å². The molecule has 8 heteroatoms. The van der Waals surface area contributed by atoms with Gasteiger partial charge in [0.2, 0.25) is 5.69 Å². The summed E-state index contributed by atoms with van der Waals surface area (Å²) in [5, 5.41) is 4.24. The molecule has 1 fully saturated rings. The van der Waals surface area contributed by atoms with E-state index < -0.39 is 17.2 Å². The van der Waals surface area contributed by atoms with Gasteiger partial charge in [-0.05, 0) is 42.7 Å². The average Bonchev–Trinajstić information content (AvgIpc) is 2.77. The van der Waals surface area contributed by atoms with Crippen molar-refractivity contribution in [1.29, 1.82) is 0 Å². The van der Waals surface area contributed by atoms with Crippen molar-refractivity contribution < 1.29 is 9.53 Å². The van der Waals surface area contributed by atoms with Crippen molar-refractivity contribution in [2.45, 2.75) is 20.4 Å². The van der Waals surface area contributed by atoms with Crippen molar-refractivity contribution in [3.8, 4) is 5.69 Å². The zero-order chi connectivity index (χ0) is 22.0. The number of aromatic nitrogens is 3. The summed E-state index contributed by atoms with van der Waals surface area (Å²) < 4.78 is 7.53. The van der Waals surface area contributed by atoms with Crippen molar-refractivity contribution in [3.63, 3.8) is 0 Å². The van der Waals surface area contributed by atoms with Gasteiger partial charge in [-0.3, -0.25) is 14.2 Å². The first-order valence-corrected chi connectivity index (χ1v) is 10.2. The maximum atomic E-state index is 13.3. The van der Waals surface area contributed by atoms with Crippen LogP contribution in [0.25, 0.3) is 5.69 Å². The number of aryl methyl sites for hydroxylation is 2. The lowest BCUT2D eigenvalue weighted by Gasteiger charge is -2.26. The van der Waals surface area contributed by atoms with Crippen LogP contribution in [0.5, 0.6) is 0 Å². The molecule has 0 bridgehead atoms. The predicted molar refractivity (Wildman–Crippen MR) is 116 cm³/mol. The van der Waals surface area contributed by atoms with E-state index in [2.05, 4.69) is 5.10 Å². The van der Waals surface area contributed by atoms with Crippen LogP contribution >= 0.6 is 0 Å². The summed E-state index contributed by atoms with van der Waals surface area (Å²) in [6, 6.07) is 14.8. The molecule has 2 heterocycles. The minimum Gasteiger partial charge on any atom is -0.378 e. The van der Waals surface area contributed by atoms with E-state index in [4.69, 9.17) is 4.74 Å². The molecular formula is C23H24N4O4. The molecular weight excluding hydrogens is 396 g/mol. The first-order chi connectivity index (χ1) is 14.9. The van der Waals surface area contributed by atoms with Crippen LogP contribution in [0.1, 0.15) is 27.2 Å². The number of morpholine rings is 1. The zero-order valence-electron chi connectivity index (χ0n) is 17.6. The van der Waals surface area contributed by atoms with Crippen LogP contribution in [-0.2, 0) is 11.3 Å². The number of nitrogens with zero attached hydrogens (tertiary/aromatic N) is 4. The Labute approximate surface area is 179 Å². The third kappa shape index (κ3) is 4.34. The van der Waals surface area contributed by atoms with Crippen molar-refractivity contribution in [3.05, 3.63) is 91.8 Å². The number of benzene rings is 2. The minimum atomic E-state index is -0.689. The highest BCUT2D eigenvalue weighted by molar-refractivity contribution is 5.91. The van der Waals surface area contributed by atoms with Gasteiger partial charge in [0, 0.05) is 13.1 Å². The first kappa shape index (κ1) is 20.7. The number of hydrogen-bond acceptors (Lipinski definition) is 5. The summed E-state index contributed by atoms with van der Waals surface area (Å²) in [5.41, 5.74) is 1.65. The molecule has 160 valence electrons. The van der Waals surface area contributed by atoms with E-state index in [1.807, 2.05) is 62.4 Å². The summed E-state index contributed by atoms with van der Waals surface area (Å²) in [7, 11) is 0. The molecule has 0 spiro atoms. The number of ether oxygens (including phenoxy) is 1. The van der Waals surface area contributed by atoms with Gasteiger partial charge in [-0.2, -0.15) is 9.78 Å². The van der Waals surface area contributed by atoms with Gasteiger partial charge in [0.05, 0.1) is 25.4 Å². The Hall–Kier alpha value is -3.52. The largest absolute Gasteiger partial charge is 0.378 e. The minimum absolute atomic E-state index is 0.0508. The normalized spacial score (nSPS) is 13.9. The highest BCUT2D eigenvalue weighted by atomic mass is 16.5. The van der Waals surface area contributed by atoms with Gasteiger partial charge < -0.3 is 9.64 Å². The Morgan fingerprint density at radius 1 is 1.00 bits per heavy atom. The topological polar surface area (TPSA) is 86.4 Å². The molecule has 0 unspecified atom stereocenters. The third-order valence-corrected chi connectivity index (χ3v) is 5.20. The molecule has 1 aliphatic rings. The van der Waals surface area contributed by atoms with Crippen molar-refractivity contribution in [2.24, 2.45) is 0 Å². The Morgan fingerprint density at radius 3 is 2.29 bits per heavy atom. The van der Waals surface area contributed by atoms with E-state index in [1.54, 1.807) is 0 Å². The second-order valence-electron chi connectivity index (χ2n) is 7.67. The van der Waals surface area contributed by atoms with Gasteiger partial charge in [0.1, 0.15) is 0 Å². The molecule has 3 aromatic rings. The molecule has 0 saturated carbocycles. The van der Waals surface area contributed by atoms with Crippen LogP contribution < -0.4 is 11.2 Å². The number of hydrogen-bond donors (Lipinski definition) is 0. The van der Waals surface area contributed by atoms with Crippen LogP contribution in [0, 0.1) is 13.8 Å². The molecule has 1 aromatic heterocycles. The molecule has 0 N–H and O–H groups in total. The Kier molecular flexibility index (Phi) is 5.81. The van der Waals surface area contributed by atoms with Gasteiger partial charge in [-0.25, -0.2) is 4.79 Å². The molecule has 0 atom stereocenters. The van der Waals surface area contributed by atoms with Crippen LogP contribution in [0.2, 0.25) is 0 Å². The molecule has 8 nitrogen and oxygen atoms in total. The van der Waals surface area contributed by atoms with Crippen LogP contribution in [-0.4, -0.2) is 51.5 Å². The lowest BCUT2D eigenvalue weighted by molar-refractivity contribution is 0.0295. The highest BCUT2D eigenvalue weighted by Crippen LogP contribution is 2.12. The lowest BCUT2D eigenvalue weighted by atomic mass is 10.1. The monoisotopic (exact) mass is 420 g/mol. The van der Waals surface area contributed by atoms with Crippen molar-refractivity contribution in [1.82, 2.24) is 19.2 Å². The van der Waals surface area contributed by atoms with E-state index in [0.29, 0.717) is 32.0 Å². The predicted octanol–water partition coefficient (Wildman–Crippen LogP) is 1.53. The highest BCUT2D eigenvalue weighted by Gasteiger charge is 2.26. The van der Waals surface area contributed by atoms with E-state index in [-0.39, 0.29) is 12.2 Å². The standard InChI is InChI=1S/C23H24N4O4/c1-16-12-17(2)14-19(13-16)27-23(30)26(15-18-6-4-3-5-7-18)22(29)20(24-27)21(28)25-8-10-31-11-9-25/h3-7,12-14H,8-11,15H2,1-2H3. The smallest absolute Gasteiger partial charge is 0.352 e. The molecule has 0 radical (unpaired) electrons. The summed E-state index contributed by atoms with van der Waals surface area (Å²) >= 11 is 0. The first-order valence-electron chi connectivity index (χ1n) is 10.2. The van der Waals surface area contributed by atoms with Gasteiger partial charge in [0.15, 0.2) is 0 Å². The van der Waals surface area contributed by atoms with Gasteiger partial charge in [0.25, 0.3) is 11.5 Å². The molecule has 0 aliphatic carbocycles. The molecule has 4 rings (SSSR count). The summed E-state index contributed by atoms with van der Waals surface area (Å²) in [5.74, 6) is -0.492. The van der Waals surface area contributed by atoms with Gasteiger partial charge in [-0.15, -0.1) is 0 Å². The fourth-order valence-electron chi connectivity index (χ4n) is 3.71. The van der Waals surface area contributed by atoms with E-state index in [0.717, 1.165) is 25.9 Å². The summed E-state index contributed by atoms with van der Waals surface area (Å²) in [6.07, 6.45) is 0. The fraction of sp³-hybridized carbons (Fsp3) is 0.304. The van der Waals surface area contributed by atoms with Crippen molar-refractivity contribution in [2.75, 3.05) is 26.3 Å².